The Kier molecular flexibility index (Phi) is 5.73. The molecule has 0 aliphatic rings. The second kappa shape index (κ2) is 8.62. The summed E-state index contributed by atoms with van der Waals surface area (Å²) in [5, 5.41) is 11.0. The van der Waals surface area contributed by atoms with E-state index in [9.17, 15) is 9.59 Å². The van der Waals surface area contributed by atoms with Crippen LogP contribution in [0.2, 0.25) is 0 Å². The van der Waals surface area contributed by atoms with Crippen LogP contribution in [0.3, 0.4) is 0 Å². The van der Waals surface area contributed by atoms with Crippen LogP contribution >= 0.6 is 23.1 Å². The first-order chi connectivity index (χ1) is 14.9. The minimum absolute atomic E-state index is 0.209. The van der Waals surface area contributed by atoms with E-state index in [2.05, 4.69) is 25.5 Å². The van der Waals surface area contributed by atoms with Gasteiger partial charge in [-0.05, 0) is 42.7 Å². The summed E-state index contributed by atoms with van der Waals surface area (Å²) in [4.78, 5) is 31.8. The molecule has 0 aliphatic carbocycles. The first-order valence-corrected chi connectivity index (χ1v) is 11.0. The average Bonchev–Trinajstić information content (AvgIpc) is 3.35. The first kappa shape index (κ1) is 20.6. The fraction of sp³-hybridized carbons (Fsp3) is 0.105. The number of thioether (sulfide) groups is 1. The summed E-state index contributed by atoms with van der Waals surface area (Å²) in [5.41, 5.74) is 7.52. The van der Waals surface area contributed by atoms with Crippen molar-refractivity contribution in [3.63, 3.8) is 0 Å². The van der Waals surface area contributed by atoms with Crippen LogP contribution in [-0.4, -0.2) is 38.4 Å². The molecule has 4 N–H and O–H groups in total. The second-order valence-electron chi connectivity index (χ2n) is 6.27. The summed E-state index contributed by atoms with van der Waals surface area (Å²) in [7, 11) is 0. The van der Waals surface area contributed by atoms with Crippen LogP contribution in [0.25, 0.3) is 11.0 Å². The second-order valence-corrected chi connectivity index (χ2v) is 8.28. The molecule has 3 amide bonds. The number of nitrogens with two attached hydrogens (primary N) is 1. The summed E-state index contributed by atoms with van der Waals surface area (Å²) in [5.74, 6) is 1.31. The van der Waals surface area contributed by atoms with Gasteiger partial charge in [0.1, 0.15) is 11.5 Å². The number of fused-ring (bicyclic) bond motifs is 1. The van der Waals surface area contributed by atoms with Gasteiger partial charge in [-0.2, -0.15) is 0 Å². The number of urea groups is 1. The van der Waals surface area contributed by atoms with Crippen LogP contribution in [-0.2, 0) is 4.79 Å². The van der Waals surface area contributed by atoms with Gasteiger partial charge in [-0.25, -0.2) is 14.7 Å². The lowest BCUT2D eigenvalue weighted by molar-refractivity contribution is -0.114. The van der Waals surface area contributed by atoms with Crippen molar-refractivity contribution in [3.05, 3.63) is 42.5 Å². The standard InChI is InChI=1S/C19H17N7O3S2/c1-10(27)21-17-22-14-8-7-13(9-15(14)23-17)29-12-5-3-11(4-6-12)26(16(20)28)18-24-25-19(30-2)31-18/h3-9H,1-2H3,(H2,20,28)(H2,21,22,23,27). The molecule has 0 unspecified atom stereocenters. The predicted molar refractivity (Wildman–Crippen MR) is 120 cm³/mol. The molecule has 4 aromatic rings. The number of carbonyl (C=O) groups is 2. The fourth-order valence-corrected chi connectivity index (χ4v) is 4.07. The molecule has 31 heavy (non-hydrogen) atoms. The molecule has 0 radical (unpaired) electrons. The van der Waals surface area contributed by atoms with Crippen molar-refractivity contribution in [2.24, 2.45) is 5.73 Å². The maximum absolute atomic E-state index is 12.0. The van der Waals surface area contributed by atoms with Crippen molar-refractivity contribution in [2.45, 2.75) is 11.3 Å². The molecule has 0 saturated carbocycles. The molecule has 0 aliphatic heterocycles. The van der Waals surface area contributed by atoms with Crippen molar-refractivity contribution in [2.75, 3.05) is 16.5 Å². The SMILES string of the molecule is CSc1nnc(N(C(N)=O)c2ccc(Oc3ccc4nc(NC(C)=O)[nH]c4c3)cc2)s1. The molecule has 0 spiro atoms. The highest BCUT2D eigenvalue weighted by molar-refractivity contribution is 8.00. The number of anilines is 3. The number of benzene rings is 2. The summed E-state index contributed by atoms with van der Waals surface area (Å²) < 4.78 is 6.63. The van der Waals surface area contributed by atoms with E-state index in [4.69, 9.17) is 10.5 Å². The largest absolute Gasteiger partial charge is 0.457 e. The highest BCUT2D eigenvalue weighted by atomic mass is 32.2. The van der Waals surface area contributed by atoms with Crippen molar-refractivity contribution in [1.29, 1.82) is 0 Å². The maximum atomic E-state index is 12.0. The van der Waals surface area contributed by atoms with E-state index in [1.165, 1.54) is 34.9 Å². The highest BCUT2D eigenvalue weighted by Crippen LogP contribution is 2.33. The molecule has 0 bridgehead atoms. The van der Waals surface area contributed by atoms with Gasteiger partial charge in [0, 0.05) is 13.0 Å². The average molecular weight is 456 g/mol. The number of imidazole rings is 1. The Bertz CT molecular complexity index is 1250. The van der Waals surface area contributed by atoms with Gasteiger partial charge in [-0.1, -0.05) is 23.1 Å². The van der Waals surface area contributed by atoms with Gasteiger partial charge < -0.3 is 15.5 Å². The summed E-state index contributed by atoms with van der Waals surface area (Å²) >= 11 is 2.72. The molecule has 0 saturated heterocycles. The number of aromatic nitrogens is 4. The lowest BCUT2D eigenvalue weighted by Crippen LogP contribution is -2.31. The number of hydrogen-bond acceptors (Lipinski definition) is 8. The zero-order valence-electron chi connectivity index (χ0n) is 16.4. The van der Waals surface area contributed by atoms with Crippen LogP contribution in [0.1, 0.15) is 6.92 Å². The molecule has 2 aromatic carbocycles. The van der Waals surface area contributed by atoms with Gasteiger partial charge in [-0.15, -0.1) is 10.2 Å². The van der Waals surface area contributed by atoms with Crippen LogP contribution < -0.4 is 20.7 Å². The number of rotatable bonds is 6. The van der Waals surface area contributed by atoms with Crippen LogP contribution in [0.4, 0.5) is 21.6 Å². The van der Waals surface area contributed by atoms with E-state index in [1.807, 2.05) is 6.26 Å². The zero-order valence-corrected chi connectivity index (χ0v) is 18.1. The Morgan fingerprint density at radius 2 is 1.90 bits per heavy atom. The normalized spacial score (nSPS) is 10.8. The summed E-state index contributed by atoms with van der Waals surface area (Å²) in [6, 6.07) is 11.6. The van der Waals surface area contributed by atoms with Gasteiger partial charge >= 0.3 is 6.03 Å². The monoisotopic (exact) mass is 455 g/mol. The van der Waals surface area contributed by atoms with E-state index < -0.39 is 6.03 Å². The molecular weight excluding hydrogens is 438 g/mol. The number of primary amides is 1. The van der Waals surface area contributed by atoms with Crippen molar-refractivity contribution in [1.82, 2.24) is 20.2 Å². The number of nitrogens with zero attached hydrogens (tertiary/aromatic N) is 4. The van der Waals surface area contributed by atoms with Crippen LogP contribution in [0.15, 0.2) is 46.8 Å². The number of ether oxygens (including phenoxy) is 1. The number of aromatic amines is 1. The van der Waals surface area contributed by atoms with E-state index in [0.717, 1.165) is 9.86 Å². The zero-order chi connectivity index (χ0) is 22.0. The molecular formula is C19H17N7O3S2. The van der Waals surface area contributed by atoms with Crippen molar-refractivity contribution < 1.29 is 14.3 Å². The molecule has 0 fully saturated rings. The third-order valence-electron chi connectivity index (χ3n) is 4.06. The van der Waals surface area contributed by atoms with Crippen molar-refractivity contribution in [3.8, 4) is 11.5 Å². The predicted octanol–water partition coefficient (Wildman–Crippen LogP) is 4.10. The maximum Gasteiger partial charge on any atom is 0.325 e. The minimum Gasteiger partial charge on any atom is -0.457 e. The third kappa shape index (κ3) is 4.59. The molecule has 2 heterocycles. The molecule has 12 heteroatoms. The van der Waals surface area contributed by atoms with Gasteiger partial charge in [0.05, 0.1) is 16.7 Å². The van der Waals surface area contributed by atoms with E-state index >= 15 is 0 Å². The Balaban J connectivity index is 1.53. The number of carbonyl (C=O) groups excluding carboxylic acids is 2. The lowest BCUT2D eigenvalue weighted by atomic mass is 10.2. The van der Waals surface area contributed by atoms with Gasteiger partial charge in [0.15, 0.2) is 4.34 Å². The van der Waals surface area contributed by atoms with Crippen LogP contribution in [0.5, 0.6) is 11.5 Å². The number of H-pyrrole nitrogens is 1. The first-order valence-electron chi connectivity index (χ1n) is 8.95. The van der Waals surface area contributed by atoms with E-state index in [-0.39, 0.29) is 5.91 Å². The molecule has 4 rings (SSSR count). The fourth-order valence-electron chi connectivity index (χ4n) is 2.78. The van der Waals surface area contributed by atoms with Gasteiger partial charge in [-0.3, -0.25) is 10.1 Å². The number of amides is 3. The quantitative estimate of drug-likeness (QED) is 0.294. The Morgan fingerprint density at radius 3 is 2.55 bits per heavy atom. The Labute approximate surface area is 184 Å². The molecule has 158 valence electrons. The highest BCUT2D eigenvalue weighted by Gasteiger charge is 2.20. The van der Waals surface area contributed by atoms with Gasteiger partial charge in [0.2, 0.25) is 17.0 Å². The number of nitrogens with one attached hydrogen (secondary N) is 2. The number of hydrogen-bond donors (Lipinski definition) is 3. The Morgan fingerprint density at radius 1 is 1.16 bits per heavy atom. The van der Waals surface area contributed by atoms with E-state index in [0.29, 0.717) is 33.8 Å². The van der Waals surface area contributed by atoms with Gasteiger partial charge in [0.25, 0.3) is 0 Å². The molecule has 0 atom stereocenters. The Hall–Kier alpha value is -3.64. The summed E-state index contributed by atoms with van der Waals surface area (Å²) in [6.45, 7) is 1.41. The topological polar surface area (TPSA) is 139 Å². The third-order valence-corrected chi connectivity index (χ3v) is 5.94. The molecule has 10 nitrogen and oxygen atoms in total. The van der Waals surface area contributed by atoms with Crippen LogP contribution in [0, 0.1) is 0 Å². The minimum atomic E-state index is -0.655. The lowest BCUT2D eigenvalue weighted by Gasteiger charge is -2.17. The van der Waals surface area contributed by atoms with E-state index in [1.54, 1.807) is 42.5 Å². The van der Waals surface area contributed by atoms with Crippen molar-refractivity contribution >= 4 is 62.8 Å². The summed E-state index contributed by atoms with van der Waals surface area (Å²) in [6.07, 6.45) is 1.88. The smallest absolute Gasteiger partial charge is 0.325 e. The molecule has 2 aromatic heterocycles.